The second-order valence-electron chi connectivity index (χ2n) is 4.64. The van der Waals surface area contributed by atoms with E-state index in [4.69, 9.17) is 0 Å². The van der Waals surface area contributed by atoms with Gasteiger partial charge in [0.15, 0.2) is 0 Å². The molecule has 0 bridgehead atoms. The van der Waals surface area contributed by atoms with Gasteiger partial charge in [0.25, 0.3) is 0 Å². The van der Waals surface area contributed by atoms with E-state index in [0.29, 0.717) is 5.92 Å². The highest BCUT2D eigenvalue weighted by Crippen LogP contribution is 2.34. The summed E-state index contributed by atoms with van der Waals surface area (Å²) < 4.78 is 15.0. The van der Waals surface area contributed by atoms with E-state index in [1.165, 1.54) is 0 Å². The standard InChI is InChI=1S/C15H23BrFN/c1-4-10-18-15(11(5-2)6-3)14-12(16)8-7-9-13(14)17/h7-9,11,15,18H,4-6,10H2,1-3H3. The van der Waals surface area contributed by atoms with Gasteiger partial charge in [0, 0.05) is 16.1 Å². The lowest BCUT2D eigenvalue weighted by atomic mass is 9.88. The van der Waals surface area contributed by atoms with E-state index >= 15 is 0 Å². The van der Waals surface area contributed by atoms with E-state index in [9.17, 15) is 4.39 Å². The van der Waals surface area contributed by atoms with E-state index in [1.807, 2.05) is 6.07 Å². The molecule has 1 rings (SSSR count). The molecule has 0 heterocycles. The third kappa shape index (κ3) is 3.79. The van der Waals surface area contributed by atoms with Crippen LogP contribution in [0.4, 0.5) is 4.39 Å². The molecule has 0 radical (unpaired) electrons. The smallest absolute Gasteiger partial charge is 0.129 e. The monoisotopic (exact) mass is 315 g/mol. The van der Waals surface area contributed by atoms with Crippen LogP contribution in [-0.2, 0) is 0 Å². The van der Waals surface area contributed by atoms with Crippen LogP contribution in [0.15, 0.2) is 22.7 Å². The molecule has 1 unspecified atom stereocenters. The van der Waals surface area contributed by atoms with Crippen LogP contribution in [0.5, 0.6) is 0 Å². The molecule has 1 nitrogen and oxygen atoms in total. The molecule has 1 N–H and O–H groups in total. The second kappa shape index (κ2) is 7.90. The predicted molar refractivity (Wildman–Crippen MR) is 79.2 cm³/mol. The van der Waals surface area contributed by atoms with E-state index in [-0.39, 0.29) is 11.9 Å². The van der Waals surface area contributed by atoms with Crippen LogP contribution >= 0.6 is 15.9 Å². The molecule has 1 aromatic rings. The van der Waals surface area contributed by atoms with Gasteiger partial charge in [-0.2, -0.15) is 0 Å². The van der Waals surface area contributed by atoms with Crippen molar-refractivity contribution in [2.75, 3.05) is 6.54 Å². The maximum absolute atomic E-state index is 14.1. The predicted octanol–water partition coefficient (Wildman–Crippen LogP) is 5.07. The Hall–Kier alpha value is -0.410. The first kappa shape index (κ1) is 15.6. The molecule has 1 aromatic carbocycles. The fourth-order valence-electron chi connectivity index (χ4n) is 2.37. The Morgan fingerprint density at radius 3 is 2.39 bits per heavy atom. The van der Waals surface area contributed by atoms with Gasteiger partial charge in [-0.1, -0.05) is 55.6 Å². The molecular weight excluding hydrogens is 293 g/mol. The largest absolute Gasteiger partial charge is 0.310 e. The Kier molecular flexibility index (Phi) is 6.87. The summed E-state index contributed by atoms with van der Waals surface area (Å²) in [5.41, 5.74) is 0.777. The Labute approximate surface area is 118 Å². The van der Waals surface area contributed by atoms with Gasteiger partial charge in [0.2, 0.25) is 0 Å². The summed E-state index contributed by atoms with van der Waals surface area (Å²) in [6.07, 6.45) is 3.17. The summed E-state index contributed by atoms with van der Waals surface area (Å²) >= 11 is 3.49. The number of hydrogen-bond acceptors (Lipinski definition) is 1. The first-order valence-electron chi connectivity index (χ1n) is 6.82. The SMILES string of the molecule is CCCNC(c1c(F)cccc1Br)C(CC)CC. The lowest BCUT2D eigenvalue weighted by molar-refractivity contribution is 0.332. The number of rotatable bonds is 7. The maximum Gasteiger partial charge on any atom is 0.129 e. The molecule has 0 aliphatic heterocycles. The van der Waals surface area contributed by atoms with Gasteiger partial charge in [-0.25, -0.2) is 4.39 Å². The lowest BCUT2D eigenvalue weighted by Gasteiger charge is -2.28. The molecular formula is C15H23BrFN. The molecule has 0 aliphatic carbocycles. The minimum atomic E-state index is -0.120. The number of hydrogen-bond donors (Lipinski definition) is 1. The highest BCUT2D eigenvalue weighted by Gasteiger charge is 2.24. The number of halogens is 2. The molecule has 3 heteroatoms. The van der Waals surface area contributed by atoms with Crippen molar-refractivity contribution in [3.8, 4) is 0 Å². The Morgan fingerprint density at radius 2 is 1.89 bits per heavy atom. The molecule has 0 aliphatic rings. The zero-order valence-electron chi connectivity index (χ0n) is 11.5. The van der Waals surface area contributed by atoms with Gasteiger partial charge in [0.05, 0.1) is 0 Å². The number of benzene rings is 1. The zero-order chi connectivity index (χ0) is 13.5. The summed E-state index contributed by atoms with van der Waals surface area (Å²) in [5, 5.41) is 3.50. The zero-order valence-corrected chi connectivity index (χ0v) is 13.1. The molecule has 0 spiro atoms. The first-order valence-corrected chi connectivity index (χ1v) is 7.62. The van der Waals surface area contributed by atoms with Crippen molar-refractivity contribution < 1.29 is 4.39 Å². The van der Waals surface area contributed by atoms with Crippen LogP contribution in [0.1, 0.15) is 51.6 Å². The molecule has 18 heavy (non-hydrogen) atoms. The summed E-state index contributed by atoms with van der Waals surface area (Å²) in [6, 6.07) is 5.30. The third-order valence-corrected chi connectivity index (χ3v) is 4.14. The molecule has 0 saturated heterocycles. The molecule has 102 valence electrons. The van der Waals surface area contributed by atoms with Crippen molar-refractivity contribution in [2.45, 2.75) is 46.1 Å². The summed E-state index contributed by atoms with van der Waals surface area (Å²) in [6.45, 7) is 7.39. The summed E-state index contributed by atoms with van der Waals surface area (Å²) in [5.74, 6) is 0.342. The van der Waals surface area contributed by atoms with E-state index in [1.54, 1.807) is 12.1 Å². The topological polar surface area (TPSA) is 12.0 Å². The van der Waals surface area contributed by atoms with Crippen molar-refractivity contribution in [1.29, 1.82) is 0 Å². The van der Waals surface area contributed by atoms with Crippen molar-refractivity contribution >= 4 is 15.9 Å². The Bertz CT molecular complexity index is 343. The highest BCUT2D eigenvalue weighted by atomic mass is 79.9. The molecule has 0 saturated carbocycles. The second-order valence-corrected chi connectivity index (χ2v) is 5.50. The van der Waals surface area contributed by atoms with Crippen LogP contribution in [0.3, 0.4) is 0 Å². The van der Waals surface area contributed by atoms with Gasteiger partial charge in [0.1, 0.15) is 5.82 Å². The average molecular weight is 316 g/mol. The first-order chi connectivity index (χ1) is 8.65. The molecule has 0 aromatic heterocycles. The number of nitrogens with one attached hydrogen (secondary N) is 1. The van der Waals surface area contributed by atoms with Crippen molar-refractivity contribution in [1.82, 2.24) is 5.32 Å². The average Bonchev–Trinajstić information content (AvgIpc) is 2.36. The summed E-state index contributed by atoms with van der Waals surface area (Å²) in [7, 11) is 0. The van der Waals surface area contributed by atoms with Crippen molar-refractivity contribution in [2.24, 2.45) is 5.92 Å². The van der Waals surface area contributed by atoms with Crippen molar-refractivity contribution in [3.05, 3.63) is 34.1 Å². The normalized spacial score (nSPS) is 13.0. The minimum absolute atomic E-state index is 0.0931. The quantitative estimate of drug-likeness (QED) is 0.741. The van der Waals surface area contributed by atoms with Gasteiger partial charge in [-0.15, -0.1) is 0 Å². The maximum atomic E-state index is 14.1. The van der Waals surface area contributed by atoms with Crippen LogP contribution in [0.2, 0.25) is 0 Å². The summed E-state index contributed by atoms with van der Waals surface area (Å²) in [4.78, 5) is 0. The highest BCUT2D eigenvalue weighted by molar-refractivity contribution is 9.10. The Balaban J connectivity index is 3.08. The van der Waals surface area contributed by atoms with Crippen molar-refractivity contribution in [3.63, 3.8) is 0 Å². The minimum Gasteiger partial charge on any atom is -0.310 e. The molecule has 1 atom stereocenters. The van der Waals surface area contributed by atoms with Gasteiger partial charge in [-0.3, -0.25) is 0 Å². The van der Waals surface area contributed by atoms with E-state index in [2.05, 4.69) is 42.0 Å². The lowest BCUT2D eigenvalue weighted by Crippen LogP contribution is -2.29. The van der Waals surface area contributed by atoms with Crippen LogP contribution < -0.4 is 5.32 Å². The molecule has 0 fully saturated rings. The fraction of sp³-hybridized carbons (Fsp3) is 0.600. The molecule has 0 amide bonds. The van der Waals surface area contributed by atoms with E-state index < -0.39 is 0 Å². The van der Waals surface area contributed by atoms with E-state index in [0.717, 1.165) is 35.8 Å². The van der Waals surface area contributed by atoms with Gasteiger partial charge >= 0.3 is 0 Å². The van der Waals surface area contributed by atoms with Crippen LogP contribution in [0, 0.1) is 11.7 Å². The third-order valence-electron chi connectivity index (χ3n) is 3.45. The van der Waals surface area contributed by atoms with Gasteiger partial charge < -0.3 is 5.32 Å². The van der Waals surface area contributed by atoms with Crippen LogP contribution in [-0.4, -0.2) is 6.54 Å². The Morgan fingerprint density at radius 1 is 1.22 bits per heavy atom. The van der Waals surface area contributed by atoms with Crippen LogP contribution in [0.25, 0.3) is 0 Å². The fourth-order valence-corrected chi connectivity index (χ4v) is 2.96. The van der Waals surface area contributed by atoms with Gasteiger partial charge in [-0.05, 0) is 31.0 Å².